The van der Waals surface area contributed by atoms with E-state index in [1.54, 1.807) is 0 Å². The predicted molar refractivity (Wildman–Crippen MR) is 43.6 cm³/mol. The lowest BCUT2D eigenvalue weighted by Crippen LogP contribution is -2.16. The topological polar surface area (TPSA) is 21.3 Å². The highest BCUT2D eigenvalue weighted by Gasteiger charge is 2.14. The molecule has 0 aliphatic carbocycles. The lowest BCUT2D eigenvalue weighted by atomic mass is 10.2. The molecule has 2 rings (SSSR count). The second-order valence-corrected chi connectivity index (χ2v) is 2.90. The summed E-state index contributed by atoms with van der Waals surface area (Å²) in [6.07, 6.45) is 0. The lowest BCUT2D eigenvalue weighted by Gasteiger charge is -2.06. The summed E-state index contributed by atoms with van der Waals surface area (Å²) in [5.41, 5.74) is 0.537. The molecule has 1 aliphatic rings. The molecular weight excluding hydrogens is 176 g/mol. The molecule has 70 valence electrons. The van der Waals surface area contributed by atoms with E-state index in [-0.39, 0.29) is 5.75 Å². The highest BCUT2D eigenvalue weighted by molar-refractivity contribution is 5.36. The van der Waals surface area contributed by atoms with Crippen molar-refractivity contribution in [1.29, 1.82) is 0 Å². The summed E-state index contributed by atoms with van der Waals surface area (Å²) in [6.45, 7) is 1.51. The Morgan fingerprint density at radius 3 is 3.00 bits per heavy atom. The molecule has 0 radical (unpaired) electrons. The molecule has 1 aliphatic heterocycles. The molecule has 0 saturated heterocycles. The second kappa shape index (κ2) is 3.30. The number of rotatable bonds is 0. The molecule has 1 aromatic rings. The van der Waals surface area contributed by atoms with E-state index >= 15 is 0 Å². The van der Waals surface area contributed by atoms with Crippen LogP contribution in [-0.4, -0.2) is 13.2 Å². The fourth-order valence-electron chi connectivity index (χ4n) is 1.35. The summed E-state index contributed by atoms with van der Waals surface area (Å²) in [5.74, 6) is -1.02. The van der Waals surface area contributed by atoms with Crippen molar-refractivity contribution in [3.05, 3.63) is 29.3 Å². The Bertz CT molecular complexity index is 328. The van der Waals surface area contributed by atoms with Crippen LogP contribution in [0, 0.1) is 11.6 Å². The van der Waals surface area contributed by atoms with E-state index in [0.29, 0.717) is 25.3 Å². The zero-order valence-corrected chi connectivity index (χ0v) is 6.94. The molecular formula is C9H9F2NO. The summed E-state index contributed by atoms with van der Waals surface area (Å²) >= 11 is 0. The van der Waals surface area contributed by atoms with E-state index in [2.05, 4.69) is 5.32 Å². The fraction of sp³-hybridized carbons (Fsp3) is 0.333. The van der Waals surface area contributed by atoms with E-state index in [9.17, 15) is 8.78 Å². The van der Waals surface area contributed by atoms with E-state index in [0.717, 1.165) is 6.07 Å². The summed E-state index contributed by atoms with van der Waals surface area (Å²) in [7, 11) is 0. The zero-order valence-electron chi connectivity index (χ0n) is 6.94. The van der Waals surface area contributed by atoms with Crippen molar-refractivity contribution in [2.45, 2.75) is 6.54 Å². The van der Waals surface area contributed by atoms with Crippen molar-refractivity contribution in [2.75, 3.05) is 13.2 Å². The maximum Gasteiger partial charge on any atom is 0.168 e. The van der Waals surface area contributed by atoms with Crippen molar-refractivity contribution in [3.8, 4) is 5.75 Å². The standard InChI is InChI=1S/C9H9F2NO/c10-7-3-6-5-12-1-2-13-9(6)8(11)4-7/h3-4,12H,1-2,5H2. The molecule has 0 amide bonds. The largest absolute Gasteiger partial charge is 0.489 e. The van der Waals surface area contributed by atoms with Crippen LogP contribution in [0.25, 0.3) is 0 Å². The van der Waals surface area contributed by atoms with Crippen LogP contribution in [-0.2, 0) is 6.54 Å². The van der Waals surface area contributed by atoms with Crippen molar-refractivity contribution < 1.29 is 13.5 Å². The van der Waals surface area contributed by atoms with Gasteiger partial charge in [-0.1, -0.05) is 0 Å². The van der Waals surface area contributed by atoms with Crippen LogP contribution >= 0.6 is 0 Å². The van der Waals surface area contributed by atoms with Crippen LogP contribution in [0.4, 0.5) is 8.78 Å². The van der Waals surface area contributed by atoms with Gasteiger partial charge in [0, 0.05) is 24.7 Å². The van der Waals surface area contributed by atoms with Gasteiger partial charge in [-0.05, 0) is 6.07 Å². The van der Waals surface area contributed by atoms with E-state index < -0.39 is 11.6 Å². The van der Waals surface area contributed by atoms with Gasteiger partial charge >= 0.3 is 0 Å². The molecule has 1 N–H and O–H groups in total. The van der Waals surface area contributed by atoms with Gasteiger partial charge in [-0.25, -0.2) is 8.78 Å². The molecule has 1 aromatic carbocycles. The summed E-state index contributed by atoms with van der Waals surface area (Å²) < 4.78 is 31.0. The molecule has 0 unspecified atom stereocenters. The maximum atomic E-state index is 13.1. The number of halogens is 2. The normalized spacial score (nSPS) is 15.8. The average Bonchev–Trinajstić information content (AvgIpc) is 2.28. The van der Waals surface area contributed by atoms with Crippen molar-refractivity contribution >= 4 is 0 Å². The van der Waals surface area contributed by atoms with E-state index in [1.165, 1.54) is 6.07 Å². The Morgan fingerprint density at radius 2 is 2.15 bits per heavy atom. The van der Waals surface area contributed by atoms with Crippen LogP contribution in [0.1, 0.15) is 5.56 Å². The van der Waals surface area contributed by atoms with Gasteiger partial charge in [0.15, 0.2) is 11.6 Å². The van der Waals surface area contributed by atoms with Gasteiger partial charge in [-0.15, -0.1) is 0 Å². The Hall–Kier alpha value is -1.16. The van der Waals surface area contributed by atoms with Gasteiger partial charge in [-0.2, -0.15) is 0 Å². The van der Waals surface area contributed by atoms with Gasteiger partial charge in [0.25, 0.3) is 0 Å². The number of nitrogens with one attached hydrogen (secondary N) is 1. The van der Waals surface area contributed by atoms with E-state index in [4.69, 9.17) is 4.74 Å². The molecule has 0 spiro atoms. The smallest absolute Gasteiger partial charge is 0.168 e. The molecule has 4 heteroatoms. The predicted octanol–water partition coefficient (Wildman–Crippen LogP) is 1.45. The first kappa shape index (κ1) is 8.44. The van der Waals surface area contributed by atoms with Gasteiger partial charge in [0.1, 0.15) is 12.4 Å². The lowest BCUT2D eigenvalue weighted by molar-refractivity contribution is 0.308. The number of benzene rings is 1. The van der Waals surface area contributed by atoms with Gasteiger partial charge in [0.2, 0.25) is 0 Å². The third kappa shape index (κ3) is 1.62. The number of fused-ring (bicyclic) bond motifs is 1. The SMILES string of the molecule is Fc1cc(F)c2c(c1)CNCCO2. The molecule has 0 bridgehead atoms. The van der Waals surface area contributed by atoms with Gasteiger partial charge < -0.3 is 10.1 Å². The van der Waals surface area contributed by atoms with Crippen LogP contribution in [0.3, 0.4) is 0 Å². The van der Waals surface area contributed by atoms with Crippen molar-refractivity contribution in [3.63, 3.8) is 0 Å². The maximum absolute atomic E-state index is 13.1. The first-order valence-electron chi connectivity index (χ1n) is 4.09. The van der Waals surface area contributed by atoms with Gasteiger partial charge in [-0.3, -0.25) is 0 Å². The number of hydrogen-bond acceptors (Lipinski definition) is 2. The fourth-order valence-corrected chi connectivity index (χ4v) is 1.35. The van der Waals surface area contributed by atoms with Crippen LogP contribution < -0.4 is 10.1 Å². The Labute approximate surface area is 74.5 Å². The number of ether oxygens (including phenoxy) is 1. The third-order valence-electron chi connectivity index (χ3n) is 1.93. The highest BCUT2D eigenvalue weighted by atomic mass is 19.1. The van der Waals surface area contributed by atoms with E-state index in [1.807, 2.05) is 0 Å². The van der Waals surface area contributed by atoms with Crippen molar-refractivity contribution in [2.24, 2.45) is 0 Å². The summed E-state index contributed by atoms with van der Waals surface area (Å²) in [5, 5.41) is 3.00. The monoisotopic (exact) mass is 185 g/mol. The molecule has 13 heavy (non-hydrogen) atoms. The minimum absolute atomic E-state index is 0.173. The quantitative estimate of drug-likeness (QED) is 0.660. The molecule has 0 aromatic heterocycles. The minimum Gasteiger partial charge on any atom is -0.489 e. The average molecular weight is 185 g/mol. The molecule has 2 nitrogen and oxygen atoms in total. The first-order chi connectivity index (χ1) is 6.27. The van der Waals surface area contributed by atoms with Crippen LogP contribution in [0.5, 0.6) is 5.75 Å². The zero-order chi connectivity index (χ0) is 9.26. The van der Waals surface area contributed by atoms with Gasteiger partial charge in [0.05, 0.1) is 0 Å². The van der Waals surface area contributed by atoms with Crippen molar-refractivity contribution in [1.82, 2.24) is 5.32 Å². The minimum atomic E-state index is -0.626. The highest BCUT2D eigenvalue weighted by Crippen LogP contribution is 2.25. The molecule has 0 atom stereocenters. The molecule has 0 fully saturated rings. The summed E-state index contributed by atoms with van der Waals surface area (Å²) in [4.78, 5) is 0. The molecule has 0 saturated carbocycles. The number of hydrogen-bond donors (Lipinski definition) is 1. The third-order valence-corrected chi connectivity index (χ3v) is 1.93. The Morgan fingerprint density at radius 1 is 1.31 bits per heavy atom. The van der Waals surface area contributed by atoms with Crippen LogP contribution in [0.15, 0.2) is 12.1 Å². The Balaban J connectivity index is 2.47. The first-order valence-corrected chi connectivity index (χ1v) is 4.09. The summed E-state index contributed by atoms with van der Waals surface area (Å²) in [6, 6.07) is 2.13. The second-order valence-electron chi connectivity index (χ2n) is 2.90. The Kier molecular flexibility index (Phi) is 2.14. The molecule has 1 heterocycles. The van der Waals surface area contributed by atoms with Crippen LogP contribution in [0.2, 0.25) is 0 Å².